The van der Waals surface area contributed by atoms with E-state index in [1.165, 1.54) is 16.9 Å². The number of carbonyl (C=O) groups is 3. The van der Waals surface area contributed by atoms with Crippen LogP contribution in [0.4, 0.5) is 23.2 Å². The molecule has 0 radical (unpaired) electrons. The quantitative estimate of drug-likeness (QED) is 0.368. The van der Waals surface area contributed by atoms with Crippen molar-refractivity contribution in [3.63, 3.8) is 0 Å². The standard InChI is InChI=1S/C24H29F4N5O3/c1-2-33-18(11-12-30-33)22(35)32-20(14-7-5-3-4-6-8-14)23(36)31-17-10-9-15(13-16(17)25)19(21(29)34)24(26,27)28/h9-14,19-20H,2-8H2,1H3,(H2,29,34)(H,31,36)(H,32,35)/t19?,20-/m0/s1. The average molecular weight is 512 g/mol. The molecule has 1 heterocycles. The summed E-state index contributed by atoms with van der Waals surface area (Å²) in [6.45, 7) is 2.26. The van der Waals surface area contributed by atoms with E-state index < -0.39 is 47.2 Å². The van der Waals surface area contributed by atoms with E-state index in [0.29, 0.717) is 25.5 Å². The minimum Gasteiger partial charge on any atom is -0.369 e. The summed E-state index contributed by atoms with van der Waals surface area (Å²) in [5.41, 5.74) is 4.09. The zero-order valence-corrected chi connectivity index (χ0v) is 19.8. The second-order valence-corrected chi connectivity index (χ2v) is 8.84. The van der Waals surface area contributed by atoms with Gasteiger partial charge in [0, 0.05) is 12.7 Å². The molecule has 12 heteroatoms. The summed E-state index contributed by atoms with van der Waals surface area (Å²) in [5.74, 6) is -6.91. The minimum atomic E-state index is -5.00. The number of nitrogens with two attached hydrogens (primary N) is 1. The number of halogens is 4. The van der Waals surface area contributed by atoms with Crippen molar-refractivity contribution >= 4 is 23.4 Å². The smallest absolute Gasteiger partial charge is 0.369 e. The van der Waals surface area contributed by atoms with E-state index in [9.17, 15) is 31.9 Å². The van der Waals surface area contributed by atoms with Crippen molar-refractivity contribution in [2.75, 3.05) is 5.32 Å². The van der Waals surface area contributed by atoms with Gasteiger partial charge >= 0.3 is 6.18 Å². The molecule has 1 unspecified atom stereocenters. The molecule has 196 valence electrons. The summed E-state index contributed by atoms with van der Waals surface area (Å²) < 4.78 is 55.8. The van der Waals surface area contributed by atoms with Crippen LogP contribution in [0.5, 0.6) is 0 Å². The maximum Gasteiger partial charge on any atom is 0.404 e. The maximum atomic E-state index is 14.7. The number of primary amides is 1. The van der Waals surface area contributed by atoms with Crippen molar-refractivity contribution in [3.05, 3.63) is 47.5 Å². The molecule has 3 amide bonds. The van der Waals surface area contributed by atoms with E-state index in [4.69, 9.17) is 5.73 Å². The summed E-state index contributed by atoms with van der Waals surface area (Å²) in [5, 5.41) is 9.20. The first-order valence-corrected chi connectivity index (χ1v) is 11.8. The van der Waals surface area contributed by atoms with E-state index in [0.717, 1.165) is 37.8 Å². The number of alkyl halides is 3. The Morgan fingerprint density at radius 2 is 1.81 bits per heavy atom. The molecule has 0 spiro atoms. The largest absolute Gasteiger partial charge is 0.404 e. The zero-order chi connectivity index (χ0) is 26.5. The molecule has 1 aliphatic rings. The number of amides is 3. The highest BCUT2D eigenvalue weighted by Crippen LogP contribution is 2.36. The molecule has 0 bridgehead atoms. The minimum absolute atomic E-state index is 0.207. The van der Waals surface area contributed by atoms with Gasteiger partial charge in [-0.05, 0) is 49.4 Å². The number of nitrogens with zero attached hydrogens (tertiary/aromatic N) is 2. The van der Waals surface area contributed by atoms with Crippen molar-refractivity contribution in [2.24, 2.45) is 11.7 Å². The van der Waals surface area contributed by atoms with Gasteiger partial charge in [0.2, 0.25) is 11.8 Å². The molecule has 0 saturated heterocycles. The molecule has 1 aliphatic carbocycles. The highest BCUT2D eigenvalue weighted by Gasteiger charge is 2.45. The normalized spacial score (nSPS) is 16.6. The lowest BCUT2D eigenvalue weighted by Gasteiger charge is -2.26. The second-order valence-electron chi connectivity index (χ2n) is 8.84. The molecule has 1 saturated carbocycles. The number of aromatic nitrogens is 2. The van der Waals surface area contributed by atoms with Crippen LogP contribution < -0.4 is 16.4 Å². The second kappa shape index (κ2) is 11.5. The molecule has 1 aromatic heterocycles. The third-order valence-electron chi connectivity index (χ3n) is 6.39. The zero-order valence-electron chi connectivity index (χ0n) is 19.8. The molecule has 4 N–H and O–H groups in total. The Balaban J connectivity index is 1.84. The molecule has 36 heavy (non-hydrogen) atoms. The van der Waals surface area contributed by atoms with Crippen LogP contribution in [0.1, 0.15) is 67.4 Å². The van der Waals surface area contributed by atoms with Crippen molar-refractivity contribution in [3.8, 4) is 0 Å². The van der Waals surface area contributed by atoms with Crippen LogP contribution in [0, 0.1) is 11.7 Å². The van der Waals surface area contributed by atoms with E-state index >= 15 is 0 Å². The number of aryl methyl sites for hydroxylation is 1. The lowest BCUT2D eigenvalue weighted by atomic mass is 9.90. The van der Waals surface area contributed by atoms with Crippen molar-refractivity contribution in [1.82, 2.24) is 15.1 Å². The Morgan fingerprint density at radius 3 is 2.36 bits per heavy atom. The number of nitrogens with one attached hydrogen (secondary N) is 2. The van der Waals surface area contributed by atoms with Gasteiger partial charge in [-0.15, -0.1) is 0 Å². The Labute approximate surface area is 205 Å². The van der Waals surface area contributed by atoms with Gasteiger partial charge in [-0.3, -0.25) is 19.1 Å². The molecule has 2 aromatic rings. The Morgan fingerprint density at radius 1 is 1.14 bits per heavy atom. The number of anilines is 1. The van der Waals surface area contributed by atoms with Crippen molar-refractivity contribution in [2.45, 2.75) is 70.1 Å². The summed E-state index contributed by atoms with van der Waals surface area (Å²) in [7, 11) is 0. The van der Waals surface area contributed by atoms with Gasteiger partial charge in [0.05, 0.1) is 5.69 Å². The van der Waals surface area contributed by atoms with Crippen LogP contribution in [-0.2, 0) is 16.1 Å². The van der Waals surface area contributed by atoms with Gasteiger partial charge in [-0.1, -0.05) is 31.7 Å². The van der Waals surface area contributed by atoms with Gasteiger partial charge in [0.15, 0.2) is 5.92 Å². The number of hydrogen-bond donors (Lipinski definition) is 3. The molecule has 2 atom stereocenters. The van der Waals surface area contributed by atoms with Crippen molar-refractivity contribution in [1.29, 1.82) is 0 Å². The van der Waals surface area contributed by atoms with Gasteiger partial charge in [0.25, 0.3) is 5.91 Å². The summed E-state index contributed by atoms with van der Waals surface area (Å²) >= 11 is 0. The molecule has 3 rings (SSSR count). The summed E-state index contributed by atoms with van der Waals surface area (Å²) in [6.07, 6.45) is 1.56. The first-order valence-electron chi connectivity index (χ1n) is 11.8. The third-order valence-corrected chi connectivity index (χ3v) is 6.39. The number of benzene rings is 1. The van der Waals surface area contributed by atoms with Gasteiger partial charge in [-0.25, -0.2) is 4.39 Å². The summed E-state index contributed by atoms with van der Waals surface area (Å²) in [4.78, 5) is 37.5. The third kappa shape index (κ3) is 6.41. The monoisotopic (exact) mass is 511 g/mol. The van der Waals surface area contributed by atoms with Crippen LogP contribution in [0.2, 0.25) is 0 Å². The number of carbonyl (C=O) groups excluding carboxylic acids is 3. The molecule has 0 aliphatic heterocycles. The topological polar surface area (TPSA) is 119 Å². The fraction of sp³-hybridized carbons (Fsp3) is 0.500. The Bertz CT molecular complexity index is 1090. The fourth-order valence-electron chi connectivity index (χ4n) is 4.57. The highest BCUT2D eigenvalue weighted by atomic mass is 19.4. The predicted octanol–water partition coefficient (Wildman–Crippen LogP) is 3.88. The molecule has 1 aromatic carbocycles. The first-order chi connectivity index (χ1) is 17.0. The predicted molar refractivity (Wildman–Crippen MR) is 123 cm³/mol. The van der Waals surface area contributed by atoms with Crippen molar-refractivity contribution < 1.29 is 31.9 Å². The van der Waals surface area contributed by atoms with Crippen LogP contribution in [0.25, 0.3) is 0 Å². The molecule has 1 fully saturated rings. The van der Waals surface area contributed by atoms with E-state index in [1.54, 1.807) is 0 Å². The number of hydrogen-bond acceptors (Lipinski definition) is 4. The van der Waals surface area contributed by atoms with Crippen LogP contribution in [-0.4, -0.2) is 39.7 Å². The lowest BCUT2D eigenvalue weighted by molar-refractivity contribution is -0.162. The average Bonchev–Trinajstić information content (AvgIpc) is 3.12. The lowest BCUT2D eigenvalue weighted by Crippen LogP contribution is -2.49. The number of rotatable bonds is 8. The van der Waals surface area contributed by atoms with Crippen LogP contribution in [0.3, 0.4) is 0 Å². The Hall–Kier alpha value is -3.44. The van der Waals surface area contributed by atoms with Gasteiger partial charge in [0.1, 0.15) is 17.6 Å². The Kier molecular flexibility index (Phi) is 8.70. The van der Waals surface area contributed by atoms with E-state index in [2.05, 4.69) is 15.7 Å². The summed E-state index contributed by atoms with van der Waals surface area (Å²) in [6, 6.07) is 2.89. The fourth-order valence-corrected chi connectivity index (χ4v) is 4.57. The SMILES string of the molecule is CCn1nccc1C(=O)N[C@H](C(=O)Nc1ccc(C(C(N)=O)C(F)(F)F)cc1F)C1CCCCCC1. The van der Waals surface area contributed by atoms with Crippen LogP contribution in [0.15, 0.2) is 30.5 Å². The highest BCUT2D eigenvalue weighted by molar-refractivity contribution is 6.00. The molecule has 8 nitrogen and oxygen atoms in total. The van der Waals surface area contributed by atoms with Gasteiger partial charge in [-0.2, -0.15) is 18.3 Å². The molecular weight excluding hydrogens is 482 g/mol. The van der Waals surface area contributed by atoms with Gasteiger partial charge < -0.3 is 16.4 Å². The van der Waals surface area contributed by atoms with Crippen LogP contribution >= 0.6 is 0 Å². The van der Waals surface area contributed by atoms with E-state index in [-0.39, 0.29) is 17.3 Å². The first kappa shape index (κ1) is 27.2. The molecular formula is C24H29F4N5O3. The van der Waals surface area contributed by atoms with E-state index in [1.807, 2.05) is 6.92 Å². The maximum absolute atomic E-state index is 14.7.